The summed E-state index contributed by atoms with van der Waals surface area (Å²) in [4.78, 5) is 11.5. The predicted molar refractivity (Wildman–Crippen MR) is 85.0 cm³/mol. The molecule has 6 heteroatoms. The van der Waals surface area contributed by atoms with Crippen LogP contribution < -0.4 is 4.89 Å². The molecule has 0 aliphatic rings. The summed E-state index contributed by atoms with van der Waals surface area (Å²) in [5.74, 6) is 0. The molecule has 5 nitrogen and oxygen atoms in total. The van der Waals surface area contributed by atoms with E-state index in [4.69, 9.17) is 9.05 Å². The number of phosphoric acid groups is 1. The van der Waals surface area contributed by atoms with Crippen LogP contribution in [0.4, 0.5) is 0 Å². The van der Waals surface area contributed by atoms with E-state index in [-0.39, 0.29) is 13.2 Å². The van der Waals surface area contributed by atoms with Crippen LogP contribution in [-0.2, 0) is 13.6 Å². The summed E-state index contributed by atoms with van der Waals surface area (Å²) >= 11 is 0. The zero-order valence-corrected chi connectivity index (χ0v) is 15.2. The monoisotopic (exact) mass is 323 g/mol. The minimum atomic E-state index is -4.11. The van der Waals surface area contributed by atoms with E-state index in [2.05, 4.69) is 6.92 Å². The summed E-state index contributed by atoms with van der Waals surface area (Å²) in [6, 6.07) is 0. The molecule has 1 unspecified atom stereocenters. The fourth-order valence-electron chi connectivity index (χ4n) is 1.88. The minimum Gasteiger partial charge on any atom is -0.756 e. The molecule has 21 heavy (non-hydrogen) atoms. The number of nitrogens with zero attached hydrogens (tertiary/aromatic N) is 1. The summed E-state index contributed by atoms with van der Waals surface area (Å²) in [5, 5.41) is 0. The van der Waals surface area contributed by atoms with Crippen LogP contribution in [-0.4, -0.2) is 45.4 Å². The molecule has 0 aliphatic heterocycles. The Balaban J connectivity index is 3.47. The first kappa shape index (κ1) is 21.1. The van der Waals surface area contributed by atoms with Crippen molar-refractivity contribution in [3.8, 4) is 0 Å². The third kappa shape index (κ3) is 16.3. The van der Waals surface area contributed by atoms with E-state index in [1.54, 1.807) is 0 Å². The zero-order chi connectivity index (χ0) is 16.2. The fraction of sp³-hybridized carbons (Fsp3) is 1.00. The Labute approximate surface area is 130 Å². The van der Waals surface area contributed by atoms with Gasteiger partial charge in [-0.15, -0.1) is 0 Å². The lowest BCUT2D eigenvalue weighted by Gasteiger charge is -2.27. The van der Waals surface area contributed by atoms with Gasteiger partial charge in [0.2, 0.25) is 0 Å². The molecule has 0 aliphatic carbocycles. The molecule has 0 bridgehead atoms. The summed E-state index contributed by atoms with van der Waals surface area (Å²) in [5.41, 5.74) is 0. The average molecular weight is 323 g/mol. The third-order valence-corrected chi connectivity index (χ3v) is 4.26. The molecule has 0 fully saturated rings. The van der Waals surface area contributed by atoms with E-state index in [1.165, 1.54) is 32.1 Å². The van der Waals surface area contributed by atoms with E-state index in [1.807, 2.05) is 21.1 Å². The number of phosphoric ester groups is 1. The lowest BCUT2D eigenvalue weighted by atomic mass is 10.1. The van der Waals surface area contributed by atoms with Crippen LogP contribution in [0.2, 0.25) is 0 Å². The maximum absolute atomic E-state index is 11.5. The average Bonchev–Trinajstić information content (AvgIpc) is 2.35. The topological polar surface area (TPSA) is 58.6 Å². The minimum absolute atomic E-state index is 0.168. The molecule has 0 radical (unpaired) electrons. The van der Waals surface area contributed by atoms with Gasteiger partial charge in [-0.2, -0.15) is 0 Å². The number of quaternary nitrogens is 1. The van der Waals surface area contributed by atoms with E-state index in [0.717, 1.165) is 19.3 Å². The molecule has 0 aromatic carbocycles. The van der Waals surface area contributed by atoms with Crippen molar-refractivity contribution < 1.29 is 23.0 Å². The second kappa shape index (κ2) is 11.6. The van der Waals surface area contributed by atoms with Crippen LogP contribution >= 0.6 is 7.82 Å². The standard InChI is InChI=1S/C15H34NO4P/c1-5-6-7-8-9-10-11-12-14-19-21(17,18)20-15-13-16(2,3)4/h5-15H2,1-4H3. The first-order chi connectivity index (χ1) is 9.77. The van der Waals surface area contributed by atoms with Gasteiger partial charge in [-0.1, -0.05) is 51.9 Å². The van der Waals surface area contributed by atoms with Gasteiger partial charge in [0.05, 0.1) is 27.7 Å². The quantitative estimate of drug-likeness (QED) is 0.279. The van der Waals surface area contributed by atoms with Crippen molar-refractivity contribution in [3.05, 3.63) is 0 Å². The van der Waals surface area contributed by atoms with E-state index < -0.39 is 7.82 Å². The van der Waals surface area contributed by atoms with Crippen LogP contribution in [0.1, 0.15) is 58.3 Å². The molecule has 0 aromatic heterocycles. The third-order valence-electron chi connectivity index (χ3n) is 3.26. The lowest BCUT2D eigenvalue weighted by Crippen LogP contribution is -2.37. The highest BCUT2D eigenvalue weighted by Crippen LogP contribution is 2.38. The highest BCUT2D eigenvalue weighted by Gasteiger charge is 2.12. The Morgan fingerprint density at radius 2 is 1.33 bits per heavy atom. The molecule has 1 atom stereocenters. The molecule has 0 spiro atoms. The van der Waals surface area contributed by atoms with Gasteiger partial charge >= 0.3 is 0 Å². The predicted octanol–water partition coefficient (Wildman–Crippen LogP) is 3.33. The van der Waals surface area contributed by atoms with Crippen LogP contribution in [0.15, 0.2) is 0 Å². The Hall–Kier alpha value is 0.0700. The first-order valence-electron chi connectivity index (χ1n) is 8.17. The van der Waals surface area contributed by atoms with Crippen LogP contribution in [0.3, 0.4) is 0 Å². The lowest BCUT2D eigenvalue weighted by molar-refractivity contribution is -0.870. The SMILES string of the molecule is CCCCCCCCCCOP(=O)([O-])OCC[N+](C)(C)C. The number of unbranched alkanes of at least 4 members (excludes halogenated alkanes) is 7. The molecule has 0 amide bonds. The van der Waals surface area contributed by atoms with Gasteiger partial charge in [0.15, 0.2) is 0 Å². The van der Waals surface area contributed by atoms with Crippen LogP contribution in [0.25, 0.3) is 0 Å². The maximum Gasteiger partial charge on any atom is 0.268 e. The molecule has 0 rings (SSSR count). The van der Waals surface area contributed by atoms with Crippen molar-refractivity contribution in [3.63, 3.8) is 0 Å². The largest absolute Gasteiger partial charge is 0.756 e. The maximum atomic E-state index is 11.5. The molecule has 0 saturated heterocycles. The zero-order valence-electron chi connectivity index (χ0n) is 14.3. The van der Waals surface area contributed by atoms with Crippen LogP contribution in [0, 0.1) is 0 Å². The Morgan fingerprint density at radius 3 is 1.86 bits per heavy atom. The van der Waals surface area contributed by atoms with E-state index in [9.17, 15) is 9.46 Å². The summed E-state index contributed by atoms with van der Waals surface area (Å²) < 4.78 is 21.9. The Bertz CT molecular complexity index is 292. The second-order valence-electron chi connectivity index (χ2n) is 6.60. The van der Waals surface area contributed by atoms with Gasteiger partial charge in [-0.25, -0.2) is 0 Å². The van der Waals surface area contributed by atoms with Gasteiger partial charge < -0.3 is 18.4 Å². The smallest absolute Gasteiger partial charge is 0.268 e. The summed E-state index contributed by atoms with van der Waals surface area (Å²) in [7, 11) is 1.85. The normalized spacial score (nSPS) is 15.1. The van der Waals surface area contributed by atoms with Gasteiger partial charge in [0, 0.05) is 0 Å². The van der Waals surface area contributed by atoms with E-state index in [0.29, 0.717) is 11.0 Å². The van der Waals surface area contributed by atoms with Gasteiger partial charge in [0.25, 0.3) is 7.82 Å². The van der Waals surface area contributed by atoms with Gasteiger partial charge in [-0.05, 0) is 6.42 Å². The van der Waals surface area contributed by atoms with E-state index >= 15 is 0 Å². The van der Waals surface area contributed by atoms with Crippen molar-refractivity contribution >= 4 is 7.82 Å². The summed E-state index contributed by atoms with van der Waals surface area (Å²) in [6.45, 7) is 3.25. The second-order valence-corrected chi connectivity index (χ2v) is 8.01. The van der Waals surface area contributed by atoms with Gasteiger partial charge in [-0.3, -0.25) is 4.57 Å². The van der Waals surface area contributed by atoms with Crippen molar-refractivity contribution in [1.82, 2.24) is 0 Å². The number of hydrogen-bond donors (Lipinski definition) is 0. The molecule has 0 heterocycles. The molecule has 0 aromatic rings. The number of likely N-dealkylation sites (N-methyl/N-ethyl adjacent to an activating group) is 1. The Morgan fingerprint density at radius 1 is 0.857 bits per heavy atom. The van der Waals surface area contributed by atoms with Crippen molar-refractivity contribution in [2.75, 3.05) is 40.9 Å². The number of rotatable bonds is 14. The molecule has 0 saturated carbocycles. The highest BCUT2D eigenvalue weighted by atomic mass is 31.2. The molecule has 0 N–H and O–H groups in total. The van der Waals surface area contributed by atoms with Crippen molar-refractivity contribution in [1.29, 1.82) is 0 Å². The van der Waals surface area contributed by atoms with Crippen LogP contribution in [0.5, 0.6) is 0 Å². The number of hydrogen-bond acceptors (Lipinski definition) is 4. The van der Waals surface area contributed by atoms with Gasteiger partial charge in [0.1, 0.15) is 13.2 Å². The molecule has 128 valence electrons. The van der Waals surface area contributed by atoms with Crippen molar-refractivity contribution in [2.24, 2.45) is 0 Å². The summed E-state index contributed by atoms with van der Waals surface area (Å²) in [6.07, 6.45) is 9.34. The molecular formula is C15H34NO4P. The highest BCUT2D eigenvalue weighted by molar-refractivity contribution is 7.45. The first-order valence-corrected chi connectivity index (χ1v) is 9.63. The Kier molecular flexibility index (Phi) is 11.7. The molecular weight excluding hydrogens is 289 g/mol. The van der Waals surface area contributed by atoms with Crippen molar-refractivity contribution in [2.45, 2.75) is 58.3 Å². The fourth-order valence-corrected chi connectivity index (χ4v) is 2.61.